The Morgan fingerprint density at radius 3 is 2.48 bits per heavy atom. The van der Waals surface area contributed by atoms with Crippen molar-refractivity contribution in [2.24, 2.45) is 0 Å². The van der Waals surface area contributed by atoms with Crippen molar-refractivity contribution in [1.82, 2.24) is 19.3 Å². The molecule has 1 saturated carbocycles. The highest BCUT2D eigenvalue weighted by molar-refractivity contribution is 7.90. The van der Waals surface area contributed by atoms with Crippen LogP contribution < -0.4 is 10.6 Å². The highest BCUT2D eigenvalue weighted by atomic mass is 32.2. The van der Waals surface area contributed by atoms with Crippen LogP contribution in [0.25, 0.3) is 22.2 Å². The highest BCUT2D eigenvalue weighted by Gasteiger charge is 2.28. The van der Waals surface area contributed by atoms with E-state index < -0.39 is 21.7 Å². The molecule has 1 amide bonds. The summed E-state index contributed by atoms with van der Waals surface area (Å²) >= 11 is 0. The summed E-state index contributed by atoms with van der Waals surface area (Å²) in [6, 6.07) is 16.7. The molecule has 5 aromatic rings. The lowest BCUT2D eigenvalue weighted by Gasteiger charge is -2.30. The van der Waals surface area contributed by atoms with Gasteiger partial charge in [-0.1, -0.05) is 23.8 Å². The van der Waals surface area contributed by atoms with Gasteiger partial charge in [0.15, 0.2) is 11.6 Å². The first-order valence-electron chi connectivity index (χ1n) is 14.8. The number of nitrogens with one attached hydrogen (secondary N) is 2. The van der Waals surface area contributed by atoms with E-state index in [0.29, 0.717) is 24.1 Å². The molecule has 6 rings (SSSR count). The molecule has 2 atom stereocenters. The van der Waals surface area contributed by atoms with Crippen LogP contribution in [0, 0.1) is 36.8 Å². The van der Waals surface area contributed by atoms with E-state index in [0.717, 1.165) is 28.4 Å². The number of hydrogen-bond acceptors (Lipinski definition) is 7. The maximum atomic E-state index is 15.5. The molecule has 1 aliphatic carbocycles. The normalized spacial score (nSPS) is 16.6. The summed E-state index contributed by atoms with van der Waals surface area (Å²) in [4.78, 5) is 21.2. The van der Waals surface area contributed by atoms with Gasteiger partial charge in [0.05, 0.1) is 16.2 Å². The number of hydrogen-bond donors (Lipinski definition) is 2. The molecule has 3 heterocycles. The Labute approximate surface area is 265 Å². The SMILES string of the molecule is Cc1ccc(S(=O)(=O)n2cc(-c3nc(NC4CCCC(NC(=O)c5ccccn5)C4)c(F)cc3C#N)c3cc(C)cc(F)c32)cc1. The quantitative estimate of drug-likeness (QED) is 0.215. The number of aromatic nitrogens is 3. The topological polar surface area (TPSA) is 130 Å². The van der Waals surface area contributed by atoms with Crippen LogP contribution in [0.4, 0.5) is 14.6 Å². The summed E-state index contributed by atoms with van der Waals surface area (Å²) in [5.74, 6) is -1.96. The zero-order valence-electron chi connectivity index (χ0n) is 25.1. The van der Waals surface area contributed by atoms with E-state index in [1.54, 1.807) is 49.5 Å². The number of anilines is 1. The molecule has 9 nitrogen and oxygen atoms in total. The van der Waals surface area contributed by atoms with Crippen molar-refractivity contribution in [3.05, 3.63) is 107 Å². The van der Waals surface area contributed by atoms with Gasteiger partial charge in [0, 0.05) is 35.4 Å². The predicted molar refractivity (Wildman–Crippen MR) is 170 cm³/mol. The summed E-state index contributed by atoms with van der Waals surface area (Å²) < 4.78 is 59.3. The molecule has 46 heavy (non-hydrogen) atoms. The fraction of sp³-hybridized carbons (Fsp3) is 0.235. The van der Waals surface area contributed by atoms with Crippen molar-refractivity contribution in [3.63, 3.8) is 0 Å². The van der Waals surface area contributed by atoms with Gasteiger partial charge in [-0.25, -0.2) is 26.2 Å². The molecule has 12 heteroatoms. The number of aryl methyl sites for hydroxylation is 2. The molecule has 0 bridgehead atoms. The number of benzene rings is 2. The Hall–Kier alpha value is -5.15. The number of fused-ring (bicyclic) bond motifs is 1. The fourth-order valence-electron chi connectivity index (χ4n) is 5.90. The average Bonchev–Trinajstić information content (AvgIpc) is 3.43. The molecule has 3 aromatic heterocycles. The van der Waals surface area contributed by atoms with Crippen molar-refractivity contribution in [3.8, 4) is 17.3 Å². The molecule has 0 radical (unpaired) electrons. The zero-order chi connectivity index (χ0) is 32.6. The molecule has 1 aliphatic rings. The molecule has 2 aromatic carbocycles. The van der Waals surface area contributed by atoms with Crippen LogP contribution in [0.2, 0.25) is 0 Å². The van der Waals surface area contributed by atoms with Crippen LogP contribution in [0.15, 0.2) is 78.0 Å². The first kappa shape index (κ1) is 30.9. The third-order valence-corrected chi connectivity index (χ3v) is 9.82. The second-order valence-corrected chi connectivity index (χ2v) is 13.3. The van der Waals surface area contributed by atoms with Gasteiger partial charge in [0.1, 0.15) is 23.1 Å². The molecule has 0 spiro atoms. The summed E-state index contributed by atoms with van der Waals surface area (Å²) in [6.07, 6.45) is 5.46. The lowest BCUT2D eigenvalue weighted by atomic mass is 9.90. The van der Waals surface area contributed by atoms with Gasteiger partial charge in [0.2, 0.25) is 0 Å². The number of nitriles is 1. The maximum absolute atomic E-state index is 15.5. The number of carbonyl (C=O) groups excluding carboxylic acids is 1. The second-order valence-electron chi connectivity index (χ2n) is 11.5. The van der Waals surface area contributed by atoms with E-state index in [2.05, 4.69) is 20.6 Å². The number of nitrogens with zero attached hydrogens (tertiary/aromatic N) is 4. The number of carbonyl (C=O) groups is 1. The van der Waals surface area contributed by atoms with Gasteiger partial charge >= 0.3 is 0 Å². The van der Waals surface area contributed by atoms with Crippen LogP contribution >= 0.6 is 0 Å². The smallest absolute Gasteiger partial charge is 0.270 e. The van der Waals surface area contributed by atoms with Gasteiger partial charge in [-0.15, -0.1) is 0 Å². The van der Waals surface area contributed by atoms with E-state index in [4.69, 9.17) is 0 Å². The van der Waals surface area contributed by atoms with Crippen molar-refractivity contribution in [2.45, 2.75) is 56.5 Å². The van der Waals surface area contributed by atoms with Crippen LogP contribution in [0.3, 0.4) is 0 Å². The third kappa shape index (κ3) is 5.93. The predicted octanol–water partition coefficient (Wildman–Crippen LogP) is 6.26. The van der Waals surface area contributed by atoms with Crippen LogP contribution in [0.1, 0.15) is 52.9 Å². The molecular weight excluding hydrogens is 610 g/mol. The Kier molecular flexibility index (Phi) is 8.27. The van der Waals surface area contributed by atoms with Crippen LogP contribution in [-0.4, -0.2) is 40.3 Å². The Balaban J connectivity index is 1.37. The molecule has 0 saturated heterocycles. The monoisotopic (exact) mass is 640 g/mol. The van der Waals surface area contributed by atoms with E-state index in [9.17, 15) is 18.5 Å². The Morgan fingerprint density at radius 1 is 1.00 bits per heavy atom. The largest absolute Gasteiger partial charge is 0.365 e. The lowest BCUT2D eigenvalue weighted by molar-refractivity contribution is 0.0921. The highest BCUT2D eigenvalue weighted by Crippen LogP contribution is 2.37. The summed E-state index contributed by atoms with van der Waals surface area (Å²) in [6.45, 7) is 3.49. The first-order valence-corrected chi connectivity index (χ1v) is 16.2. The molecular formula is C34H30F2N6O3S. The van der Waals surface area contributed by atoms with Gasteiger partial charge < -0.3 is 10.6 Å². The van der Waals surface area contributed by atoms with Gasteiger partial charge in [-0.3, -0.25) is 9.78 Å². The summed E-state index contributed by atoms with van der Waals surface area (Å²) in [5.41, 5.74) is 1.51. The lowest BCUT2D eigenvalue weighted by Crippen LogP contribution is -2.42. The molecule has 2 N–H and O–H groups in total. The Morgan fingerprint density at radius 2 is 1.76 bits per heavy atom. The van der Waals surface area contributed by atoms with Crippen molar-refractivity contribution < 1.29 is 22.0 Å². The zero-order valence-corrected chi connectivity index (χ0v) is 25.9. The van der Waals surface area contributed by atoms with Crippen LogP contribution in [0.5, 0.6) is 0 Å². The van der Waals surface area contributed by atoms with Gasteiger partial charge in [0.25, 0.3) is 15.9 Å². The van der Waals surface area contributed by atoms with E-state index in [1.165, 1.54) is 24.4 Å². The number of pyridine rings is 2. The summed E-state index contributed by atoms with van der Waals surface area (Å²) in [7, 11) is -4.26. The van der Waals surface area contributed by atoms with Crippen molar-refractivity contribution in [1.29, 1.82) is 5.26 Å². The minimum Gasteiger partial charge on any atom is -0.365 e. The minimum atomic E-state index is -4.26. The second kappa shape index (κ2) is 12.3. The van der Waals surface area contributed by atoms with Gasteiger partial charge in [-0.05, 0) is 87.6 Å². The van der Waals surface area contributed by atoms with E-state index >= 15 is 8.78 Å². The average molecular weight is 641 g/mol. The molecule has 0 aliphatic heterocycles. The molecule has 2 unspecified atom stereocenters. The summed E-state index contributed by atoms with van der Waals surface area (Å²) in [5, 5.41) is 16.3. The van der Waals surface area contributed by atoms with Gasteiger partial charge in [-0.2, -0.15) is 5.26 Å². The number of rotatable bonds is 7. The van der Waals surface area contributed by atoms with E-state index in [1.807, 2.05) is 13.0 Å². The molecule has 1 fully saturated rings. The maximum Gasteiger partial charge on any atom is 0.270 e. The number of amides is 1. The van der Waals surface area contributed by atoms with Crippen molar-refractivity contribution >= 4 is 32.7 Å². The molecule has 234 valence electrons. The minimum absolute atomic E-state index is 0.00932. The number of halogens is 2. The van der Waals surface area contributed by atoms with Crippen molar-refractivity contribution in [2.75, 3.05) is 5.32 Å². The third-order valence-electron chi connectivity index (χ3n) is 8.14. The Bertz CT molecular complexity index is 2110. The van der Waals surface area contributed by atoms with E-state index in [-0.39, 0.29) is 56.4 Å². The van der Waals surface area contributed by atoms with Crippen LogP contribution in [-0.2, 0) is 10.0 Å². The standard InChI is InChI=1S/C34H30F2N6O3S/c1-20-9-11-25(12-10-20)46(44,45)42-19-27(26-14-21(2)15-28(35)32(26)42)31-22(18-37)16-29(36)33(41-31)39-23-6-5-7-24(17-23)40-34(43)30-8-3-4-13-38-30/h3-4,8-16,19,23-24H,5-7,17H2,1-2H3,(H,39,41)(H,40,43). The fourth-order valence-corrected chi connectivity index (χ4v) is 7.28. The first-order chi connectivity index (χ1) is 22.0.